The van der Waals surface area contributed by atoms with Crippen molar-refractivity contribution in [1.29, 1.82) is 0 Å². The third-order valence-electron chi connectivity index (χ3n) is 5.61. The van der Waals surface area contributed by atoms with Crippen LogP contribution in [0.2, 0.25) is 0 Å². The molecule has 2 heteroatoms. The molecule has 26 heavy (non-hydrogen) atoms. The monoisotopic (exact) mass is 352 g/mol. The molecule has 3 rings (SSSR count). The molecule has 0 saturated heterocycles. The van der Waals surface area contributed by atoms with E-state index in [-0.39, 0.29) is 0 Å². The van der Waals surface area contributed by atoms with Gasteiger partial charge in [0.25, 0.3) is 0 Å². The maximum Gasteiger partial charge on any atom is 0.138 e. The van der Waals surface area contributed by atoms with Gasteiger partial charge in [-0.15, -0.1) is 0 Å². The number of rotatable bonds is 6. The van der Waals surface area contributed by atoms with E-state index in [0.717, 1.165) is 41.7 Å². The molecular formula is C24H32O2. The number of ether oxygens (including phenoxy) is 1. The van der Waals surface area contributed by atoms with Gasteiger partial charge in [0.1, 0.15) is 11.5 Å². The molecule has 1 saturated carbocycles. The molecule has 2 aromatic carbocycles. The summed E-state index contributed by atoms with van der Waals surface area (Å²) in [4.78, 5) is 0. The minimum absolute atomic E-state index is 0.428. The van der Waals surface area contributed by atoms with Crippen molar-refractivity contribution in [2.24, 2.45) is 0 Å². The van der Waals surface area contributed by atoms with Crippen LogP contribution in [-0.4, -0.2) is 5.11 Å². The highest BCUT2D eigenvalue weighted by Gasteiger charge is 2.20. The Bertz CT molecular complexity index is 782. The quantitative estimate of drug-likeness (QED) is 0.555. The van der Waals surface area contributed by atoms with E-state index >= 15 is 0 Å². The summed E-state index contributed by atoms with van der Waals surface area (Å²) in [6.45, 7) is 6.34. The Labute approximate surface area is 157 Å². The van der Waals surface area contributed by atoms with E-state index in [0.29, 0.717) is 11.7 Å². The van der Waals surface area contributed by atoms with Gasteiger partial charge in [-0.05, 0) is 73.2 Å². The molecule has 0 atom stereocenters. The van der Waals surface area contributed by atoms with E-state index in [4.69, 9.17) is 4.74 Å². The van der Waals surface area contributed by atoms with Crippen LogP contribution in [0.25, 0.3) is 10.8 Å². The van der Waals surface area contributed by atoms with Gasteiger partial charge in [0.2, 0.25) is 0 Å². The van der Waals surface area contributed by atoms with E-state index in [1.807, 2.05) is 13.0 Å². The lowest BCUT2D eigenvalue weighted by Gasteiger charge is -2.23. The number of aryl methyl sites for hydroxylation is 1. The van der Waals surface area contributed by atoms with Crippen LogP contribution in [-0.2, 0) is 6.42 Å². The summed E-state index contributed by atoms with van der Waals surface area (Å²) in [5, 5.41) is 12.9. The summed E-state index contributed by atoms with van der Waals surface area (Å²) in [5.74, 6) is 2.76. The summed E-state index contributed by atoms with van der Waals surface area (Å²) in [6.07, 6.45) is 11.4. The molecule has 1 aliphatic rings. The fraction of sp³-hybridized carbons (Fsp3) is 0.500. The van der Waals surface area contributed by atoms with Gasteiger partial charge in [-0.2, -0.15) is 0 Å². The molecule has 1 N–H and O–H groups in total. The van der Waals surface area contributed by atoms with Crippen molar-refractivity contribution in [1.82, 2.24) is 0 Å². The van der Waals surface area contributed by atoms with E-state index < -0.39 is 0 Å². The summed E-state index contributed by atoms with van der Waals surface area (Å²) in [6, 6.07) is 8.48. The largest absolute Gasteiger partial charge is 0.508 e. The predicted molar refractivity (Wildman–Crippen MR) is 110 cm³/mol. The number of allylic oxidation sites excluding steroid dienone is 2. The number of hydrogen-bond donors (Lipinski definition) is 1. The standard InChI is InChI=1S/C24H32O2/c1-4-6-10-17(3)26-24-18(5-2)13-14-20-15-21(23(25)16-22(20)24)19-11-8-7-9-12-19/h10,13-16,19,25H,4-9,11-12H2,1-3H3/b17-10-. The summed E-state index contributed by atoms with van der Waals surface area (Å²) in [5.41, 5.74) is 2.30. The van der Waals surface area contributed by atoms with Gasteiger partial charge in [-0.3, -0.25) is 0 Å². The van der Waals surface area contributed by atoms with E-state index in [1.165, 1.54) is 43.1 Å². The van der Waals surface area contributed by atoms with Gasteiger partial charge in [0.05, 0.1) is 5.76 Å². The summed E-state index contributed by atoms with van der Waals surface area (Å²) >= 11 is 0. The number of hydrogen-bond acceptors (Lipinski definition) is 2. The third-order valence-corrected chi connectivity index (χ3v) is 5.61. The average molecular weight is 353 g/mol. The van der Waals surface area contributed by atoms with Gasteiger partial charge in [-0.25, -0.2) is 0 Å². The first-order valence-electron chi connectivity index (χ1n) is 10.3. The lowest BCUT2D eigenvalue weighted by molar-refractivity contribution is 0.413. The SMILES string of the molecule is CCC/C=C(/C)Oc1c(CC)ccc2cc(C3CCCCC3)c(O)cc12. The molecule has 0 bridgehead atoms. The second-order valence-electron chi connectivity index (χ2n) is 7.58. The average Bonchev–Trinajstić information content (AvgIpc) is 2.67. The molecule has 0 aromatic heterocycles. The Morgan fingerprint density at radius 3 is 2.62 bits per heavy atom. The zero-order chi connectivity index (χ0) is 18.5. The fourth-order valence-electron chi connectivity index (χ4n) is 4.09. The smallest absolute Gasteiger partial charge is 0.138 e. The highest BCUT2D eigenvalue weighted by atomic mass is 16.5. The molecule has 0 spiro atoms. The lowest BCUT2D eigenvalue weighted by Crippen LogP contribution is -2.05. The summed E-state index contributed by atoms with van der Waals surface area (Å²) < 4.78 is 6.24. The lowest BCUT2D eigenvalue weighted by atomic mass is 9.83. The molecule has 0 radical (unpaired) electrons. The molecular weight excluding hydrogens is 320 g/mol. The topological polar surface area (TPSA) is 29.5 Å². The first kappa shape index (κ1) is 18.8. The van der Waals surface area contributed by atoms with Crippen LogP contribution in [0.15, 0.2) is 36.1 Å². The van der Waals surface area contributed by atoms with Gasteiger partial charge in [0, 0.05) is 5.39 Å². The van der Waals surface area contributed by atoms with E-state index in [9.17, 15) is 5.11 Å². The second-order valence-corrected chi connectivity index (χ2v) is 7.58. The molecule has 2 nitrogen and oxygen atoms in total. The van der Waals surface area contributed by atoms with E-state index in [2.05, 4.69) is 38.1 Å². The third kappa shape index (κ3) is 4.06. The van der Waals surface area contributed by atoms with E-state index in [1.54, 1.807) is 0 Å². The predicted octanol–water partition coefficient (Wildman–Crippen LogP) is 7.24. The Morgan fingerprint density at radius 1 is 1.15 bits per heavy atom. The molecule has 1 fully saturated rings. The highest BCUT2D eigenvalue weighted by Crippen LogP contribution is 2.42. The number of benzene rings is 2. The first-order chi connectivity index (χ1) is 12.6. The zero-order valence-corrected chi connectivity index (χ0v) is 16.5. The van der Waals surface area contributed by atoms with Crippen LogP contribution in [0, 0.1) is 0 Å². The van der Waals surface area contributed by atoms with Crippen LogP contribution in [0.3, 0.4) is 0 Å². The van der Waals surface area contributed by atoms with Crippen molar-refractivity contribution >= 4 is 10.8 Å². The van der Waals surface area contributed by atoms with Crippen LogP contribution in [0.5, 0.6) is 11.5 Å². The van der Waals surface area contributed by atoms with Gasteiger partial charge < -0.3 is 9.84 Å². The number of phenolic OH excluding ortho intramolecular Hbond substituents is 1. The Kier molecular flexibility index (Phi) is 6.24. The second kappa shape index (κ2) is 8.62. The number of phenols is 1. The molecule has 0 amide bonds. The number of aromatic hydroxyl groups is 1. The minimum atomic E-state index is 0.428. The minimum Gasteiger partial charge on any atom is -0.508 e. The van der Waals surface area contributed by atoms with Gasteiger partial charge in [0.15, 0.2) is 0 Å². The zero-order valence-electron chi connectivity index (χ0n) is 16.5. The Hall–Kier alpha value is -1.96. The van der Waals surface area contributed by atoms with Crippen molar-refractivity contribution in [2.75, 3.05) is 0 Å². The fourth-order valence-corrected chi connectivity index (χ4v) is 4.09. The Morgan fingerprint density at radius 2 is 1.92 bits per heavy atom. The molecule has 0 aliphatic heterocycles. The molecule has 0 unspecified atom stereocenters. The maximum absolute atomic E-state index is 10.8. The number of unbranched alkanes of at least 4 members (excludes halogenated alkanes) is 1. The molecule has 140 valence electrons. The van der Waals surface area contributed by atoms with Gasteiger partial charge in [-0.1, -0.05) is 51.7 Å². The van der Waals surface area contributed by atoms with Crippen molar-refractivity contribution in [3.63, 3.8) is 0 Å². The first-order valence-corrected chi connectivity index (χ1v) is 10.3. The number of fused-ring (bicyclic) bond motifs is 1. The van der Waals surface area contributed by atoms with Crippen LogP contribution < -0.4 is 4.74 Å². The maximum atomic E-state index is 10.8. The van der Waals surface area contributed by atoms with Crippen LogP contribution >= 0.6 is 0 Å². The molecule has 0 heterocycles. The summed E-state index contributed by atoms with van der Waals surface area (Å²) in [7, 11) is 0. The van der Waals surface area contributed by atoms with Crippen molar-refractivity contribution < 1.29 is 9.84 Å². The highest BCUT2D eigenvalue weighted by molar-refractivity contribution is 5.92. The van der Waals surface area contributed by atoms with Crippen LogP contribution in [0.4, 0.5) is 0 Å². The molecule has 1 aliphatic carbocycles. The van der Waals surface area contributed by atoms with Crippen molar-refractivity contribution in [2.45, 2.75) is 78.1 Å². The van der Waals surface area contributed by atoms with Gasteiger partial charge >= 0.3 is 0 Å². The van der Waals surface area contributed by atoms with Crippen LogP contribution in [0.1, 0.15) is 82.8 Å². The Balaban J connectivity index is 2.03. The molecule has 2 aromatic rings. The van der Waals surface area contributed by atoms with Crippen molar-refractivity contribution in [3.05, 3.63) is 47.2 Å². The normalized spacial score (nSPS) is 16.2. The van der Waals surface area contributed by atoms with Crippen molar-refractivity contribution in [3.8, 4) is 11.5 Å².